The van der Waals surface area contributed by atoms with Gasteiger partial charge in [-0.05, 0) is 47.6 Å². The third kappa shape index (κ3) is 4.25. The first kappa shape index (κ1) is 15.9. The van der Waals surface area contributed by atoms with Crippen molar-refractivity contribution in [3.8, 4) is 11.5 Å². The minimum Gasteiger partial charge on any atom is -0.490 e. The second-order valence-electron chi connectivity index (χ2n) is 4.59. The maximum atomic E-state index is 11.0. The van der Waals surface area contributed by atoms with E-state index < -0.39 is 6.09 Å². The molecule has 2 N–H and O–H groups in total. The highest BCUT2D eigenvalue weighted by Gasteiger charge is 2.24. The number of hydrogen-bond donors (Lipinski definition) is 2. The van der Waals surface area contributed by atoms with Crippen molar-refractivity contribution in [1.82, 2.24) is 10.6 Å². The average Bonchev–Trinajstić information content (AvgIpc) is 2.84. The Bertz CT molecular complexity index is 510. The monoisotopic (exact) mass is 358 g/mol. The summed E-state index contributed by atoms with van der Waals surface area (Å²) in [5.74, 6) is 1.30. The molecule has 1 atom stereocenters. The molecule has 2 rings (SSSR count). The number of carbonyl (C=O) groups is 1. The van der Waals surface area contributed by atoms with Gasteiger partial charge in [-0.2, -0.15) is 0 Å². The van der Waals surface area contributed by atoms with Crippen molar-refractivity contribution in [3.05, 3.63) is 22.2 Å². The molecule has 1 heterocycles. The molecule has 0 spiro atoms. The molecule has 21 heavy (non-hydrogen) atoms. The molecule has 1 unspecified atom stereocenters. The summed E-state index contributed by atoms with van der Waals surface area (Å²) in [4.78, 5) is 11.0. The van der Waals surface area contributed by atoms with Crippen LogP contribution in [0.25, 0.3) is 0 Å². The highest BCUT2D eigenvalue weighted by molar-refractivity contribution is 9.10. The fourth-order valence-corrected chi connectivity index (χ4v) is 2.64. The lowest BCUT2D eigenvalue weighted by molar-refractivity contribution is 0.103. The van der Waals surface area contributed by atoms with Crippen LogP contribution in [-0.2, 0) is 11.3 Å². The van der Waals surface area contributed by atoms with Crippen LogP contribution >= 0.6 is 15.9 Å². The van der Waals surface area contributed by atoms with Crippen LogP contribution in [0.15, 0.2) is 16.6 Å². The van der Waals surface area contributed by atoms with Crippen molar-refractivity contribution >= 4 is 22.0 Å². The second-order valence-corrected chi connectivity index (χ2v) is 5.44. The van der Waals surface area contributed by atoms with Crippen LogP contribution in [0, 0.1) is 0 Å². The second kappa shape index (κ2) is 7.51. The zero-order chi connectivity index (χ0) is 15.2. The average molecular weight is 359 g/mol. The van der Waals surface area contributed by atoms with Crippen LogP contribution in [0.3, 0.4) is 0 Å². The first-order valence-electron chi connectivity index (χ1n) is 6.81. The number of benzene rings is 1. The molecule has 1 amide bonds. The van der Waals surface area contributed by atoms with E-state index in [9.17, 15) is 4.79 Å². The zero-order valence-electron chi connectivity index (χ0n) is 12.1. The lowest BCUT2D eigenvalue weighted by Crippen LogP contribution is -2.22. The summed E-state index contributed by atoms with van der Waals surface area (Å²) in [6.45, 7) is 3.95. The first-order valence-corrected chi connectivity index (χ1v) is 7.60. The van der Waals surface area contributed by atoms with Gasteiger partial charge in [0.05, 0.1) is 17.6 Å². The molecule has 1 aliphatic rings. The highest BCUT2D eigenvalue weighted by atomic mass is 79.9. The molecule has 0 aliphatic carbocycles. The van der Waals surface area contributed by atoms with Gasteiger partial charge < -0.3 is 24.8 Å². The number of carbonyl (C=O) groups excluding carboxylic acids is 1. The number of halogens is 1. The third-order valence-electron chi connectivity index (χ3n) is 2.91. The van der Waals surface area contributed by atoms with E-state index >= 15 is 0 Å². The van der Waals surface area contributed by atoms with Gasteiger partial charge in [-0.3, -0.25) is 0 Å². The van der Waals surface area contributed by atoms with Gasteiger partial charge in [0.15, 0.2) is 17.6 Å². The Morgan fingerprint density at radius 1 is 1.48 bits per heavy atom. The predicted octanol–water partition coefficient (Wildman–Crippen LogP) is 2.05. The van der Waals surface area contributed by atoms with Gasteiger partial charge in [-0.15, -0.1) is 0 Å². The van der Waals surface area contributed by atoms with Gasteiger partial charge in [-0.25, -0.2) is 4.79 Å². The quantitative estimate of drug-likeness (QED) is 0.780. The van der Waals surface area contributed by atoms with Gasteiger partial charge in [0, 0.05) is 6.54 Å². The molecule has 1 saturated heterocycles. The maximum Gasteiger partial charge on any atom is 0.407 e. The number of hydrogen-bond acceptors (Lipinski definition) is 5. The Hall–Kier alpha value is -1.47. The Balaban J connectivity index is 2.10. The first-order chi connectivity index (χ1) is 10.1. The van der Waals surface area contributed by atoms with Crippen LogP contribution in [-0.4, -0.2) is 39.0 Å². The number of nitrogens with one attached hydrogen (secondary N) is 2. The number of alkyl carbamates (subject to hydrolysis) is 1. The van der Waals surface area contributed by atoms with Crippen molar-refractivity contribution < 1.29 is 19.0 Å². The highest BCUT2D eigenvalue weighted by Crippen LogP contribution is 2.37. The summed E-state index contributed by atoms with van der Waals surface area (Å²) in [6.07, 6.45) is -0.687. The van der Waals surface area contributed by atoms with E-state index in [0.29, 0.717) is 24.7 Å². The summed E-state index contributed by atoms with van der Waals surface area (Å²) in [7, 11) is 1.89. The molecular weight excluding hydrogens is 340 g/mol. The zero-order valence-corrected chi connectivity index (χ0v) is 13.7. The number of ether oxygens (including phenoxy) is 3. The van der Waals surface area contributed by atoms with E-state index in [2.05, 4.69) is 26.6 Å². The molecule has 0 radical (unpaired) electrons. The fraction of sp³-hybridized carbons (Fsp3) is 0.500. The van der Waals surface area contributed by atoms with Crippen molar-refractivity contribution in [1.29, 1.82) is 0 Å². The molecule has 6 nitrogen and oxygen atoms in total. The van der Waals surface area contributed by atoms with Crippen molar-refractivity contribution in [2.45, 2.75) is 19.6 Å². The fourth-order valence-electron chi connectivity index (χ4n) is 2.03. The smallest absolute Gasteiger partial charge is 0.407 e. The van der Waals surface area contributed by atoms with E-state index in [-0.39, 0.29) is 12.7 Å². The van der Waals surface area contributed by atoms with E-state index in [0.717, 1.165) is 16.6 Å². The normalized spacial score (nSPS) is 17.3. The van der Waals surface area contributed by atoms with Gasteiger partial charge in [0.1, 0.15) is 6.61 Å². The Kier molecular flexibility index (Phi) is 5.69. The SMILES string of the molecule is CCOc1cc(CNC)cc(Br)c1OCC1CNC(=O)O1. The minimum absolute atomic E-state index is 0.281. The standard InChI is InChI=1S/C14H19BrN2O4/c1-3-19-12-5-9(6-16-2)4-11(15)13(12)20-8-10-7-17-14(18)21-10/h4-5,10,16H,3,6-8H2,1-2H3,(H,17,18). The van der Waals surface area contributed by atoms with Gasteiger partial charge in [0.2, 0.25) is 0 Å². The molecule has 1 aliphatic heterocycles. The molecule has 1 aromatic rings. The molecule has 0 bridgehead atoms. The Labute approximate surface area is 132 Å². The number of amides is 1. The van der Waals surface area contributed by atoms with Crippen LogP contribution < -0.4 is 20.1 Å². The summed E-state index contributed by atoms with van der Waals surface area (Å²) >= 11 is 3.50. The molecule has 7 heteroatoms. The van der Waals surface area contributed by atoms with Crippen molar-refractivity contribution in [2.75, 3.05) is 26.8 Å². The van der Waals surface area contributed by atoms with E-state index in [1.54, 1.807) is 0 Å². The maximum absolute atomic E-state index is 11.0. The lowest BCUT2D eigenvalue weighted by Gasteiger charge is -2.17. The Morgan fingerprint density at radius 2 is 2.29 bits per heavy atom. The molecule has 1 aromatic carbocycles. The largest absolute Gasteiger partial charge is 0.490 e. The van der Waals surface area contributed by atoms with Gasteiger partial charge in [0.25, 0.3) is 0 Å². The summed E-state index contributed by atoms with van der Waals surface area (Å²) in [5.41, 5.74) is 1.09. The van der Waals surface area contributed by atoms with E-state index in [1.165, 1.54) is 0 Å². The number of rotatable bonds is 7. The summed E-state index contributed by atoms with van der Waals surface area (Å²) < 4.78 is 17.3. The van der Waals surface area contributed by atoms with Crippen molar-refractivity contribution in [3.63, 3.8) is 0 Å². The lowest BCUT2D eigenvalue weighted by atomic mass is 10.2. The number of cyclic esters (lactones) is 1. The third-order valence-corrected chi connectivity index (χ3v) is 3.50. The van der Waals surface area contributed by atoms with Crippen LogP contribution in [0.4, 0.5) is 4.79 Å². The molecule has 116 valence electrons. The van der Waals surface area contributed by atoms with Gasteiger partial charge >= 0.3 is 6.09 Å². The van der Waals surface area contributed by atoms with E-state index in [1.807, 2.05) is 26.1 Å². The molecule has 0 aromatic heterocycles. The predicted molar refractivity (Wildman–Crippen MR) is 81.8 cm³/mol. The topological polar surface area (TPSA) is 68.8 Å². The molecule has 0 saturated carbocycles. The molecule has 1 fully saturated rings. The van der Waals surface area contributed by atoms with Gasteiger partial charge in [-0.1, -0.05) is 0 Å². The minimum atomic E-state index is -0.405. The van der Waals surface area contributed by atoms with Crippen molar-refractivity contribution in [2.24, 2.45) is 0 Å². The summed E-state index contributed by atoms with van der Waals surface area (Å²) in [5, 5.41) is 5.69. The Morgan fingerprint density at radius 3 is 2.90 bits per heavy atom. The van der Waals surface area contributed by atoms with Crippen LogP contribution in [0.1, 0.15) is 12.5 Å². The van der Waals surface area contributed by atoms with Crippen LogP contribution in [0.2, 0.25) is 0 Å². The van der Waals surface area contributed by atoms with Crippen LogP contribution in [0.5, 0.6) is 11.5 Å². The molecular formula is C14H19BrN2O4. The van der Waals surface area contributed by atoms with E-state index in [4.69, 9.17) is 14.2 Å². The summed E-state index contributed by atoms with van der Waals surface area (Å²) in [6, 6.07) is 3.92.